The molecule has 0 radical (unpaired) electrons. The van der Waals surface area contributed by atoms with Crippen LogP contribution in [0.4, 0.5) is 5.69 Å². The normalized spacial score (nSPS) is 11.8. The minimum atomic E-state index is -0.945. The molecule has 4 rings (SSSR count). The van der Waals surface area contributed by atoms with Crippen LogP contribution in [0.2, 0.25) is 0 Å². The molecule has 2 heterocycles. The molecule has 0 unspecified atom stereocenters. The van der Waals surface area contributed by atoms with Gasteiger partial charge in [0.15, 0.2) is 17.0 Å². The zero-order valence-corrected chi connectivity index (χ0v) is 19.4. The number of anilines is 1. The van der Waals surface area contributed by atoms with E-state index in [1.807, 2.05) is 12.1 Å². The Morgan fingerprint density at radius 3 is 2.38 bits per heavy atom. The second-order valence-corrected chi connectivity index (χ2v) is 7.52. The number of hydrogen-bond acceptors (Lipinski definition) is 8. The summed E-state index contributed by atoms with van der Waals surface area (Å²) >= 11 is 0. The van der Waals surface area contributed by atoms with Crippen molar-refractivity contribution in [3.8, 4) is 28.5 Å². The zero-order valence-electron chi connectivity index (χ0n) is 19.4. The Morgan fingerprint density at radius 1 is 1.03 bits per heavy atom. The van der Waals surface area contributed by atoms with Crippen molar-refractivity contribution in [2.24, 2.45) is 0 Å². The maximum Gasteiger partial charge on any atom is 0.297 e. The van der Waals surface area contributed by atoms with Crippen LogP contribution in [-0.2, 0) is 4.79 Å². The van der Waals surface area contributed by atoms with E-state index >= 15 is 0 Å². The van der Waals surface area contributed by atoms with Crippen molar-refractivity contribution in [3.63, 3.8) is 0 Å². The molecule has 0 spiro atoms. The fourth-order valence-corrected chi connectivity index (χ4v) is 3.59. The van der Waals surface area contributed by atoms with E-state index in [-0.39, 0.29) is 5.52 Å². The molecule has 2 aromatic carbocycles. The maximum atomic E-state index is 13.1. The fraction of sp³-hybridized carbons (Fsp3) is 0.250. The summed E-state index contributed by atoms with van der Waals surface area (Å²) in [7, 11) is 4.61. The van der Waals surface area contributed by atoms with Gasteiger partial charge in [0.05, 0.1) is 26.7 Å². The van der Waals surface area contributed by atoms with Crippen molar-refractivity contribution in [2.45, 2.75) is 19.9 Å². The number of hydrogen-bond donors (Lipinski definition) is 1. The van der Waals surface area contributed by atoms with Gasteiger partial charge in [0.1, 0.15) is 23.2 Å². The maximum absolute atomic E-state index is 13.1. The molecule has 0 aliphatic rings. The third-order valence-corrected chi connectivity index (χ3v) is 5.48. The van der Waals surface area contributed by atoms with Crippen LogP contribution in [0.5, 0.6) is 17.2 Å². The molecular formula is C24H24N4O6. The summed E-state index contributed by atoms with van der Waals surface area (Å²) in [6.07, 6.45) is 0. The van der Waals surface area contributed by atoms with Crippen molar-refractivity contribution in [2.75, 3.05) is 26.6 Å². The monoisotopic (exact) mass is 464 g/mol. The quantitative estimate of drug-likeness (QED) is 0.441. The first-order valence-corrected chi connectivity index (χ1v) is 10.4. The van der Waals surface area contributed by atoms with Crippen LogP contribution < -0.4 is 25.1 Å². The Bertz CT molecular complexity index is 1410. The van der Waals surface area contributed by atoms with Crippen molar-refractivity contribution < 1.29 is 23.5 Å². The van der Waals surface area contributed by atoms with E-state index in [1.165, 1.54) is 14.2 Å². The number of carbonyl (C=O) groups is 1. The summed E-state index contributed by atoms with van der Waals surface area (Å²) in [5.74, 6) is 1.69. The van der Waals surface area contributed by atoms with Crippen LogP contribution in [0, 0.1) is 6.92 Å². The van der Waals surface area contributed by atoms with Crippen LogP contribution in [0.1, 0.15) is 18.7 Å². The Balaban J connectivity index is 1.74. The molecule has 0 fully saturated rings. The van der Waals surface area contributed by atoms with E-state index in [1.54, 1.807) is 51.3 Å². The summed E-state index contributed by atoms with van der Waals surface area (Å²) in [6, 6.07) is 11.2. The van der Waals surface area contributed by atoms with Crippen LogP contribution >= 0.6 is 0 Å². The van der Waals surface area contributed by atoms with Gasteiger partial charge in [-0.3, -0.25) is 9.59 Å². The number of amides is 1. The molecule has 0 aliphatic heterocycles. The van der Waals surface area contributed by atoms with Gasteiger partial charge in [0.25, 0.3) is 5.56 Å². The molecule has 176 valence electrons. The SMILES string of the molecule is COc1ccc(-c2nn([C@H](C)C(=O)Nc3ccc(OC)c(OC)c3)c(=O)c3noc(C)c23)cc1. The summed E-state index contributed by atoms with van der Waals surface area (Å²) in [6.45, 7) is 3.29. The van der Waals surface area contributed by atoms with Gasteiger partial charge >= 0.3 is 0 Å². The first-order valence-electron chi connectivity index (χ1n) is 10.4. The van der Waals surface area contributed by atoms with Gasteiger partial charge in [-0.15, -0.1) is 0 Å². The van der Waals surface area contributed by atoms with Crippen LogP contribution in [0.3, 0.4) is 0 Å². The number of ether oxygens (including phenoxy) is 3. The average molecular weight is 464 g/mol. The first kappa shape index (κ1) is 22.8. The summed E-state index contributed by atoms with van der Waals surface area (Å²) in [4.78, 5) is 26.2. The molecule has 34 heavy (non-hydrogen) atoms. The Labute approximate surface area is 195 Å². The fourth-order valence-electron chi connectivity index (χ4n) is 3.59. The molecule has 1 amide bonds. The summed E-state index contributed by atoms with van der Waals surface area (Å²) < 4.78 is 22.1. The highest BCUT2D eigenvalue weighted by Gasteiger charge is 2.24. The highest BCUT2D eigenvalue weighted by molar-refractivity contribution is 5.95. The van der Waals surface area contributed by atoms with Gasteiger partial charge in [-0.25, -0.2) is 4.68 Å². The van der Waals surface area contributed by atoms with Gasteiger partial charge in [0.2, 0.25) is 5.91 Å². The van der Waals surface area contributed by atoms with Gasteiger partial charge in [-0.2, -0.15) is 5.10 Å². The lowest BCUT2D eigenvalue weighted by atomic mass is 10.1. The highest BCUT2D eigenvalue weighted by Crippen LogP contribution is 2.31. The van der Waals surface area contributed by atoms with E-state index < -0.39 is 17.5 Å². The van der Waals surface area contributed by atoms with E-state index in [9.17, 15) is 9.59 Å². The predicted octanol–water partition coefficient (Wildman–Crippen LogP) is 3.59. The topological polar surface area (TPSA) is 118 Å². The molecule has 1 atom stereocenters. The van der Waals surface area contributed by atoms with Crippen LogP contribution in [0.25, 0.3) is 22.2 Å². The molecule has 10 heteroatoms. The largest absolute Gasteiger partial charge is 0.497 e. The number of rotatable bonds is 7. The van der Waals surface area contributed by atoms with Crippen molar-refractivity contribution >= 4 is 22.5 Å². The lowest BCUT2D eigenvalue weighted by Gasteiger charge is -2.16. The summed E-state index contributed by atoms with van der Waals surface area (Å²) in [5.41, 5.74) is 1.25. The zero-order chi connectivity index (χ0) is 24.4. The standard InChI is InChI=1S/C24H24N4O6/c1-13(23(29)25-16-8-11-18(32-4)19(12-16)33-5)28-24(30)22-20(14(2)34-27-22)21(26-28)15-6-9-17(31-3)10-7-15/h6-13H,1-5H3,(H,25,29)/t13-/m1/s1. The second-order valence-electron chi connectivity index (χ2n) is 7.52. The number of benzene rings is 2. The smallest absolute Gasteiger partial charge is 0.297 e. The van der Waals surface area contributed by atoms with E-state index in [0.29, 0.717) is 39.8 Å². The molecule has 0 aliphatic carbocycles. The molecule has 2 aromatic heterocycles. The Kier molecular flexibility index (Phi) is 6.22. The number of nitrogens with zero attached hydrogens (tertiary/aromatic N) is 3. The molecule has 1 N–H and O–H groups in total. The molecular weight excluding hydrogens is 440 g/mol. The highest BCUT2D eigenvalue weighted by atomic mass is 16.5. The molecule has 0 saturated heterocycles. The molecule has 0 bridgehead atoms. The van der Waals surface area contributed by atoms with Gasteiger partial charge < -0.3 is 24.1 Å². The second kappa shape index (κ2) is 9.26. The molecule has 10 nitrogen and oxygen atoms in total. The Hall–Kier alpha value is -4.34. The predicted molar refractivity (Wildman–Crippen MR) is 126 cm³/mol. The lowest BCUT2D eigenvalue weighted by Crippen LogP contribution is -2.34. The molecule has 4 aromatic rings. The number of aryl methyl sites for hydroxylation is 1. The van der Waals surface area contributed by atoms with Crippen LogP contribution in [-0.4, -0.2) is 42.2 Å². The number of aromatic nitrogens is 3. The van der Waals surface area contributed by atoms with Crippen molar-refractivity contribution in [1.82, 2.24) is 14.9 Å². The van der Waals surface area contributed by atoms with Crippen molar-refractivity contribution in [3.05, 3.63) is 58.6 Å². The minimum Gasteiger partial charge on any atom is -0.497 e. The number of fused-ring (bicyclic) bond motifs is 1. The van der Waals surface area contributed by atoms with Gasteiger partial charge in [0, 0.05) is 17.3 Å². The van der Waals surface area contributed by atoms with E-state index in [4.69, 9.17) is 18.7 Å². The lowest BCUT2D eigenvalue weighted by molar-refractivity contribution is -0.119. The minimum absolute atomic E-state index is 0.101. The average Bonchev–Trinajstić information content (AvgIpc) is 3.26. The Morgan fingerprint density at radius 2 is 1.74 bits per heavy atom. The third-order valence-electron chi connectivity index (χ3n) is 5.48. The number of nitrogens with one attached hydrogen (secondary N) is 1. The van der Waals surface area contributed by atoms with E-state index in [0.717, 1.165) is 10.2 Å². The van der Waals surface area contributed by atoms with E-state index in [2.05, 4.69) is 15.6 Å². The number of methoxy groups -OCH3 is 3. The number of carbonyl (C=O) groups excluding carboxylic acids is 1. The van der Waals surface area contributed by atoms with Gasteiger partial charge in [-0.05, 0) is 50.2 Å². The molecule has 0 saturated carbocycles. The van der Waals surface area contributed by atoms with Crippen LogP contribution in [0.15, 0.2) is 51.8 Å². The summed E-state index contributed by atoms with van der Waals surface area (Å²) in [5, 5.41) is 11.8. The first-order chi connectivity index (χ1) is 16.4. The van der Waals surface area contributed by atoms with Crippen molar-refractivity contribution in [1.29, 1.82) is 0 Å². The van der Waals surface area contributed by atoms with Gasteiger partial charge in [-0.1, -0.05) is 5.16 Å². The third kappa shape index (κ3) is 4.05.